The van der Waals surface area contributed by atoms with Crippen LogP contribution in [0.1, 0.15) is 0 Å². The van der Waals surface area contributed by atoms with E-state index in [0.717, 1.165) is 38.4 Å². The Labute approximate surface area is 335 Å². The Morgan fingerprint density at radius 2 is 0.982 bits per heavy atom. The first-order valence-electron chi connectivity index (χ1n) is 18.9. The van der Waals surface area contributed by atoms with Crippen molar-refractivity contribution < 1.29 is 4.42 Å². The molecule has 0 saturated carbocycles. The van der Waals surface area contributed by atoms with Gasteiger partial charge in [-0.15, -0.1) is 11.3 Å². The molecule has 0 N–H and O–H groups in total. The normalized spacial score (nSPS) is 11.9. The second-order valence-electron chi connectivity index (χ2n) is 14.5. The summed E-state index contributed by atoms with van der Waals surface area (Å²) < 4.78 is 9.17. The van der Waals surface area contributed by atoms with Crippen LogP contribution in [-0.4, -0.2) is 15.0 Å². The van der Waals surface area contributed by atoms with Gasteiger partial charge in [-0.05, 0) is 109 Å². The van der Waals surface area contributed by atoms with Crippen LogP contribution in [-0.2, 0) is 0 Å². The number of rotatable bonds is 4. The van der Waals surface area contributed by atoms with Crippen LogP contribution in [0.4, 0.5) is 0 Å². The Balaban J connectivity index is 0.986. The quantitative estimate of drug-likeness (QED) is 0.167. The molecule has 12 rings (SSSR count). The minimum absolute atomic E-state index is 0.124. The molecule has 0 fully saturated rings. The number of halogens is 1. The van der Waals surface area contributed by atoms with Crippen molar-refractivity contribution in [2.75, 3.05) is 0 Å². The summed E-state index contributed by atoms with van der Waals surface area (Å²) in [6.45, 7) is 0. The van der Waals surface area contributed by atoms with Crippen molar-refractivity contribution in [3.8, 4) is 45.0 Å². The average molecular weight is 766 g/mol. The van der Waals surface area contributed by atoms with E-state index < -0.39 is 0 Å². The maximum Gasteiger partial charge on any atom is 0.226 e. The first-order valence-corrected chi connectivity index (χ1v) is 20.1. The van der Waals surface area contributed by atoms with Crippen LogP contribution in [0.15, 0.2) is 174 Å². The number of benzene rings is 9. The van der Waals surface area contributed by atoms with Gasteiger partial charge in [-0.2, -0.15) is 9.97 Å². The molecule has 0 saturated heterocycles. The summed E-state index contributed by atoms with van der Waals surface area (Å²) in [5.74, 6) is 0.961. The summed E-state index contributed by atoms with van der Waals surface area (Å²) in [7, 11) is 0. The van der Waals surface area contributed by atoms with Gasteiger partial charge in [0.25, 0.3) is 0 Å². The smallest absolute Gasteiger partial charge is 0.226 e. The van der Waals surface area contributed by atoms with Gasteiger partial charge < -0.3 is 4.42 Å². The van der Waals surface area contributed by atoms with Crippen LogP contribution in [0.3, 0.4) is 0 Å². The third kappa shape index (κ3) is 5.10. The lowest BCUT2D eigenvalue weighted by Gasteiger charge is -2.13. The van der Waals surface area contributed by atoms with E-state index in [1.807, 2.05) is 23.5 Å². The van der Waals surface area contributed by atoms with Crippen LogP contribution < -0.4 is 0 Å². The molecule has 0 unspecified atom stereocenters. The number of nitrogens with zero attached hydrogens (tertiary/aromatic N) is 3. The average Bonchev–Trinajstić information content (AvgIpc) is 3.84. The predicted molar refractivity (Wildman–Crippen MR) is 239 cm³/mol. The molecule has 0 radical (unpaired) electrons. The van der Waals surface area contributed by atoms with Gasteiger partial charge in [-0.25, -0.2) is 4.98 Å². The molecule has 12 aromatic rings. The van der Waals surface area contributed by atoms with E-state index in [9.17, 15) is 0 Å². The minimum atomic E-state index is 0.124. The van der Waals surface area contributed by atoms with Crippen LogP contribution >= 0.6 is 22.9 Å². The van der Waals surface area contributed by atoms with E-state index >= 15 is 0 Å². The highest BCUT2D eigenvalue weighted by Crippen LogP contribution is 2.43. The van der Waals surface area contributed by atoms with Crippen molar-refractivity contribution in [3.63, 3.8) is 0 Å². The monoisotopic (exact) mass is 765 g/mol. The standard InChI is InChI=1S/C51H28ClN3OS/c52-51-54-49(32-21-24-37-36-23-20-30(29-10-2-1-3-11-29)26-41(36)34-12-4-5-13-35(34)42(37)28-32)53-50(55-51)40-17-8-16-38-43-27-31(22-25-44(43)56-48(38)40)33-15-9-19-46-47(33)39-14-6-7-18-45(39)57-46/h1-28H. The van der Waals surface area contributed by atoms with Crippen LogP contribution in [0, 0.1) is 0 Å². The van der Waals surface area contributed by atoms with Crippen molar-refractivity contribution in [2.45, 2.75) is 0 Å². The van der Waals surface area contributed by atoms with E-state index in [2.05, 4.69) is 168 Å². The van der Waals surface area contributed by atoms with Crippen molar-refractivity contribution in [1.29, 1.82) is 0 Å². The molecule has 3 aromatic heterocycles. The fourth-order valence-electron chi connectivity index (χ4n) is 8.66. The molecular formula is C51H28ClN3OS. The van der Waals surface area contributed by atoms with E-state index in [1.54, 1.807) is 0 Å². The summed E-state index contributed by atoms with van der Waals surface area (Å²) in [5, 5.41) is 11.8. The van der Waals surface area contributed by atoms with Crippen molar-refractivity contribution >= 4 is 97.4 Å². The highest BCUT2D eigenvalue weighted by molar-refractivity contribution is 7.25. The number of furan rings is 1. The van der Waals surface area contributed by atoms with Gasteiger partial charge in [-0.3, -0.25) is 0 Å². The fourth-order valence-corrected chi connectivity index (χ4v) is 9.96. The summed E-state index contributed by atoms with van der Waals surface area (Å²) in [6, 6.07) is 60.1. The first kappa shape index (κ1) is 32.3. The summed E-state index contributed by atoms with van der Waals surface area (Å²) in [4.78, 5) is 14.3. The van der Waals surface area contributed by atoms with Crippen molar-refractivity contribution in [3.05, 3.63) is 175 Å². The summed E-state index contributed by atoms with van der Waals surface area (Å²) >= 11 is 8.54. The Kier molecular flexibility index (Phi) is 7.12. The number of aromatic nitrogens is 3. The predicted octanol–water partition coefficient (Wildman–Crippen LogP) is 14.9. The molecule has 0 aliphatic carbocycles. The maximum atomic E-state index is 6.71. The Bertz CT molecular complexity index is 3590. The van der Waals surface area contributed by atoms with Crippen LogP contribution in [0.5, 0.6) is 0 Å². The highest BCUT2D eigenvalue weighted by atomic mass is 35.5. The third-order valence-corrected chi connectivity index (χ3v) is 12.6. The number of para-hydroxylation sites is 1. The van der Waals surface area contributed by atoms with E-state index in [1.165, 1.54) is 63.8 Å². The van der Waals surface area contributed by atoms with E-state index in [-0.39, 0.29) is 5.28 Å². The molecule has 6 heteroatoms. The van der Waals surface area contributed by atoms with Gasteiger partial charge >= 0.3 is 0 Å². The fraction of sp³-hybridized carbons (Fsp3) is 0. The molecule has 0 spiro atoms. The number of hydrogen-bond acceptors (Lipinski definition) is 5. The lowest BCUT2D eigenvalue weighted by molar-refractivity contribution is 0.669. The van der Waals surface area contributed by atoms with Gasteiger partial charge in [0.05, 0.1) is 5.56 Å². The van der Waals surface area contributed by atoms with E-state index in [4.69, 9.17) is 21.0 Å². The Hall–Kier alpha value is -6.92. The molecular weight excluding hydrogens is 738 g/mol. The molecule has 3 heterocycles. The van der Waals surface area contributed by atoms with Gasteiger partial charge in [0.2, 0.25) is 5.28 Å². The van der Waals surface area contributed by atoms with Gasteiger partial charge in [0.15, 0.2) is 11.6 Å². The molecule has 57 heavy (non-hydrogen) atoms. The van der Waals surface area contributed by atoms with Gasteiger partial charge in [-0.1, -0.05) is 127 Å². The molecule has 9 aromatic carbocycles. The second-order valence-corrected chi connectivity index (χ2v) is 15.9. The largest absolute Gasteiger partial charge is 0.455 e. The van der Waals surface area contributed by atoms with Crippen molar-refractivity contribution in [1.82, 2.24) is 15.0 Å². The van der Waals surface area contributed by atoms with E-state index in [0.29, 0.717) is 17.2 Å². The molecule has 0 aliphatic rings. The molecule has 4 nitrogen and oxygen atoms in total. The number of fused-ring (bicyclic) bond motifs is 12. The first-order chi connectivity index (χ1) is 28.1. The Morgan fingerprint density at radius 3 is 1.81 bits per heavy atom. The maximum absolute atomic E-state index is 6.71. The molecule has 0 bridgehead atoms. The topological polar surface area (TPSA) is 51.8 Å². The lowest BCUT2D eigenvalue weighted by atomic mass is 9.91. The molecule has 0 amide bonds. The van der Waals surface area contributed by atoms with Crippen LogP contribution in [0.25, 0.3) is 119 Å². The zero-order valence-corrected chi connectivity index (χ0v) is 31.8. The minimum Gasteiger partial charge on any atom is -0.455 e. The zero-order chi connectivity index (χ0) is 37.6. The molecule has 0 aliphatic heterocycles. The van der Waals surface area contributed by atoms with Gasteiger partial charge in [0, 0.05) is 36.5 Å². The third-order valence-electron chi connectivity index (χ3n) is 11.3. The number of thiophene rings is 1. The Morgan fingerprint density at radius 1 is 0.386 bits per heavy atom. The zero-order valence-electron chi connectivity index (χ0n) is 30.2. The highest BCUT2D eigenvalue weighted by Gasteiger charge is 2.19. The number of hydrogen-bond donors (Lipinski definition) is 0. The summed E-state index contributed by atoms with van der Waals surface area (Å²) in [5.41, 5.74) is 7.87. The van der Waals surface area contributed by atoms with Crippen LogP contribution in [0.2, 0.25) is 5.28 Å². The second kappa shape index (κ2) is 12.6. The summed E-state index contributed by atoms with van der Waals surface area (Å²) in [6.07, 6.45) is 0. The SMILES string of the molecule is Clc1nc(-c2ccc3c4ccc(-c5ccccc5)cc4c4ccccc4c3c2)nc(-c2cccc3c2oc2ccc(-c4cccc5sc6ccccc6c45)cc23)n1. The molecule has 266 valence electrons. The van der Waals surface area contributed by atoms with Crippen molar-refractivity contribution in [2.24, 2.45) is 0 Å². The lowest BCUT2D eigenvalue weighted by Crippen LogP contribution is -1.97. The van der Waals surface area contributed by atoms with Gasteiger partial charge in [0.1, 0.15) is 11.2 Å². The molecule has 0 atom stereocenters.